The Hall–Kier alpha value is -8.52. The van der Waals surface area contributed by atoms with E-state index in [1.807, 2.05) is 13.8 Å². The fraction of sp³-hybridized carbons (Fsp3) is 0.179. The molecule has 0 amide bonds. The highest BCUT2D eigenvalue weighted by atomic mass is 15.0. The molecule has 1 heterocycles. The third kappa shape index (κ3) is 8.03. The Kier molecular flexibility index (Phi) is 12.8. The highest BCUT2D eigenvalue weighted by molar-refractivity contribution is 6.25. The van der Waals surface area contributed by atoms with Crippen molar-refractivity contribution in [2.75, 3.05) is 0 Å². The molecule has 1 heteroatoms. The van der Waals surface area contributed by atoms with E-state index in [4.69, 9.17) is 0 Å². The number of nitrogens with zero attached hydrogens (tertiary/aromatic N) is 1. The quantitative estimate of drug-likeness (QED) is 0.151. The number of benzene rings is 11. The molecular weight excluding hydrogens is 951 g/mol. The molecule has 0 fully saturated rings. The van der Waals surface area contributed by atoms with Gasteiger partial charge in [-0.2, -0.15) is 0 Å². The van der Waals surface area contributed by atoms with Crippen LogP contribution in [0.1, 0.15) is 112 Å². The van der Waals surface area contributed by atoms with Crippen LogP contribution in [0.4, 0.5) is 0 Å². The topological polar surface area (TPSA) is 4.93 Å². The first-order valence-corrected chi connectivity index (χ1v) is 28.5. The zero-order chi connectivity index (χ0) is 55.0. The first kappa shape index (κ1) is 51.2. The van der Waals surface area contributed by atoms with E-state index in [2.05, 4.69) is 297 Å². The van der Waals surface area contributed by atoms with Gasteiger partial charge in [0.05, 0.1) is 16.4 Å². The molecule has 2 aliphatic rings. The molecule has 0 spiro atoms. The van der Waals surface area contributed by atoms with Gasteiger partial charge >= 0.3 is 0 Å². The zero-order valence-corrected chi connectivity index (χ0v) is 47.9. The molecular formula is C78H71N. The van der Waals surface area contributed by atoms with Crippen molar-refractivity contribution in [3.05, 3.63) is 286 Å². The molecule has 11 aromatic carbocycles. The highest BCUT2D eigenvalue weighted by Crippen LogP contribution is 2.58. The minimum absolute atomic E-state index is 0.0579. The van der Waals surface area contributed by atoms with Gasteiger partial charge in [-0.1, -0.05) is 242 Å². The van der Waals surface area contributed by atoms with Crippen molar-refractivity contribution in [3.8, 4) is 27.9 Å². The van der Waals surface area contributed by atoms with Crippen LogP contribution in [-0.2, 0) is 16.2 Å². The van der Waals surface area contributed by atoms with Crippen molar-refractivity contribution in [1.29, 1.82) is 0 Å². The minimum Gasteiger partial charge on any atom is -0.309 e. The van der Waals surface area contributed by atoms with E-state index >= 15 is 0 Å². The van der Waals surface area contributed by atoms with Gasteiger partial charge in [-0.15, -0.1) is 0 Å². The maximum Gasteiger partial charge on any atom is 0.0717 e. The van der Waals surface area contributed by atoms with Gasteiger partial charge in [-0.25, -0.2) is 0 Å². The maximum absolute atomic E-state index is 2.53. The van der Waals surface area contributed by atoms with E-state index in [0.717, 1.165) is 0 Å². The van der Waals surface area contributed by atoms with Crippen LogP contribution in [-0.4, -0.2) is 4.57 Å². The lowest BCUT2D eigenvalue weighted by molar-refractivity contribution is 0.586. The summed E-state index contributed by atoms with van der Waals surface area (Å²) >= 11 is 0. The maximum atomic E-state index is 2.53. The molecule has 1 atom stereocenters. The molecule has 0 saturated carbocycles. The first-order valence-electron chi connectivity index (χ1n) is 28.5. The second kappa shape index (κ2) is 19.7. The summed E-state index contributed by atoms with van der Waals surface area (Å²) in [5, 5.41) is 10.3. The Bertz CT molecular complexity index is 4400. The molecule has 0 saturated heterocycles. The van der Waals surface area contributed by atoms with Gasteiger partial charge in [0.1, 0.15) is 0 Å². The van der Waals surface area contributed by atoms with Gasteiger partial charge < -0.3 is 4.57 Å². The predicted octanol–water partition coefficient (Wildman–Crippen LogP) is 21.5. The van der Waals surface area contributed by atoms with Crippen molar-refractivity contribution in [1.82, 2.24) is 4.57 Å². The third-order valence-electron chi connectivity index (χ3n) is 17.6. The van der Waals surface area contributed by atoms with E-state index in [1.54, 1.807) is 0 Å². The summed E-state index contributed by atoms with van der Waals surface area (Å²) in [7, 11) is 0. The number of hydrogen-bond donors (Lipinski definition) is 0. The van der Waals surface area contributed by atoms with E-state index in [-0.39, 0.29) is 10.8 Å². The number of aryl methyl sites for hydroxylation is 2. The Morgan fingerprint density at radius 2 is 0.937 bits per heavy atom. The summed E-state index contributed by atoms with van der Waals surface area (Å²) in [5.41, 5.74) is 23.1. The van der Waals surface area contributed by atoms with Crippen molar-refractivity contribution < 1.29 is 0 Å². The molecule has 0 aliphatic heterocycles. The predicted molar refractivity (Wildman–Crippen MR) is 342 cm³/mol. The smallest absolute Gasteiger partial charge is 0.0717 e. The molecule has 0 radical (unpaired) electrons. The van der Waals surface area contributed by atoms with Gasteiger partial charge in [0.2, 0.25) is 0 Å². The number of allylic oxidation sites excluding steroid dienone is 4. The fourth-order valence-corrected chi connectivity index (χ4v) is 13.7. The molecule has 388 valence electrons. The van der Waals surface area contributed by atoms with Gasteiger partial charge in [-0.3, -0.25) is 0 Å². The molecule has 0 bridgehead atoms. The fourth-order valence-electron chi connectivity index (χ4n) is 13.7. The van der Waals surface area contributed by atoms with Crippen LogP contribution in [0.25, 0.3) is 87.6 Å². The van der Waals surface area contributed by atoms with Crippen LogP contribution >= 0.6 is 0 Å². The van der Waals surface area contributed by atoms with E-state index < -0.39 is 5.41 Å². The summed E-state index contributed by atoms with van der Waals surface area (Å²) in [4.78, 5) is 0. The lowest BCUT2D eigenvalue weighted by atomic mass is 9.66. The van der Waals surface area contributed by atoms with Gasteiger partial charge in [0, 0.05) is 21.9 Å². The van der Waals surface area contributed by atoms with Gasteiger partial charge in [-0.05, 0) is 186 Å². The Labute approximate surface area is 468 Å². The van der Waals surface area contributed by atoms with Crippen molar-refractivity contribution in [2.24, 2.45) is 0 Å². The monoisotopic (exact) mass is 1020 g/mol. The Morgan fingerprint density at radius 3 is 1.57 bits per heavy atom. The van der Waals surface area contributed by atoms with Crippen LogP contribution in [0, 0.1) is 13.8 Å². The normalized spacial score (nSPS) is 15.3. The van der Waals surface area contributed by atoms with Crippen LogP contribution < -0.4 is 0 Å². The van der Waals surface area contributed by atoms with E-state index in [1.165, 1.54) is 143 Å². The minimum atomic E-state index is -0.591. The summed E-state index contributed by atoms with van der Waals surface area (Å²) in [6.07, 6.45) is 4.49. The van der Waals surface area contributed by atoms with Crippen molar-refractivity contribution in [3.63, 3.8) is 0 Å². The standard InChI is InChI=1S/C65H49N.C11H16.C2H6/c1-6-18-46-41(3)64(4,5)59-38-57-54-26-15-17-28-62(54)66(63(57)39-56(46)59)45-31-34-53-52-33-30-43(42-29-32-51-49-24-12-11-22-47(49)48-23-13-14-25-50(48)55(51)35-42)36-60(52)65(61(53)37-45,44-20-8-7-9-21-44)58-27-16-10-19-40(58)2;1-9-7-5-6-8-10(9)11(2,3)4;1-2/h6-39H,1-5H3;5-8H,1-4H3;1-2H3/b18-6-;;. The SMILES string of the molecule is C/C=C\C1=C(C)C(C)(C)c2cc3c4ccccc4n(-c4ccc5c(c4)C(c4ccccc4)(c4ccccc4C)c4cc(-c6ccc7c8ccccc8c8ccccc8c7c6)ccc4-5)c3cc21.CC.Cc1ccccc1C(C)(C)C. The third-order valence-corrected chi connectivity index (χ3v) is 17.6. The van der Waals surface area contributed by atoms with Crippen LogP contribution in [0.3, 0.4) is 0 Å². The number of para-hydroxylation sites is 1. The number of fused-ring (bicyclic) bond motifs is 13. The number of hydrogen-bond acceptors (Lipinski definition) is 0. The highest BCUT2D eigenvalue weighted by Gasteiger charge is 2.47. The molecule has 2 aliphatic carbocycles. The van der Waals surface area contributed by atoms with Crippen molar-refractivity contribution in [2.45, 2.75) is 92.4 Å². The largest absolute Gasteiger partial charge is 0.309 e. The van der Waals surface area contributed by atoms with E-state index in [9.17, 15) is 0 Å². The van der Waals surface area contributed by atoms with Crippen LogP contribution in [0.2, 0.25) is 0 Å². The van der Waals surface area contributed by atoms with Crippen LogP contribution in [0.5, 0.6) is 0 Å². The lowest BCUT2D eigenvalue weighted by Gasteiger charge is -2.35. The first-order chi connectivity index (χ1) is 38.3. The average molecular weight is 1020 g/mol. The Morgan fingerprint density at radius 1 is 0.405 bits per heavy atom. The molecule has 0 N–H and O–H groups in total. The van der Waals surface area contributed by atoms with Crippen LogP contribution in [0.15, 0.2) is 236 Å². The summed E-state index contributed by atoms with van der Waals surface area (Å²) in [6, 6.07) is 82.3. The zero-order valence-electron chi connectivity index (χ0n) is 47.9. The van der Waals surface area contributed by atoms with Crippen molar-refractivity contribution >= 4 is 59.7 Å². The summed E-state index contributed by atoms with van der Waals surface area (Å²) in [5.74, 6) is 0. The lowest BCUT2D eigenvalue weighted by Crippen LogP contribution is -2.29. The van der Waals surface area contributed by atoms with Gasteiger partial charge in [0.25, 0.3) is 0 Å². The second-order valence-corrected chi connectivity index (χ2v) is 23.3. The number of rotatable bonds is 5. The Balaban J connectivity index is 0.000000427. The summed E-state index contributed by atoms with van der Waals surface area (Å²) < 4.78 is 2.53. The molecule has 1 nitrogen and oxygen atoms in total. The van der Waals surface area contributed by atoms with Gasteiger partial charge in [0.15, 0.2) is 0 Å². The number of aromatic nitrogens is 1. The van der Waals surface area contributed by atoms with E-state index in [0.29, 0.717) is 0 Å². The second-order valence-electron chi connectivity index (χ2n) is 23.3. The molecule has 1 unspecified atom stereocenters. The summed E-state index contributed by atoms with van der Waals surface area (Å²) in [6.45, 7) is 24.4. The molecule has 79 heavy (non-hydrogen) atoms. The molecule has 14 rings (SSSR count). The molecule has 12 aromatic rings. The molecule has 1 aromatic heterocycles. The average Bonchev–Trinajstić information content (AvgIpc) is 4.27.